The quantitative estimate of drug-likeness (QED) is 0.780. The molecule has 1 aliphatic heterocycles. The number of amides is 1. The summed E-state index contributed by atoms with van der Waals surface area (Å²) in [5, 5.41) is 1.06. The third-order valence-corrected chi connectivity index (χ3v) is 5.10. The van der Waals surface area contributed by atoms with Crippen LogP contribution in [-0.2, 0) is 4.74 Å². The van der Waals surface area contributed by atoms with Gasteiger partial charge in [-0.15, -0.1) is 0 Å². The standard InChI is InChI=1S/C19H26N2O3S/c1-19(2,3)24-18(22)21-12-7-6-8-14(21)11-13-23-17-15-9-4-5-10-16(15)25-20-17/h4-5,9-10,14H,6-8,11-13H2,1-3H3. The van der Waals surface area contributed by atoms with Gasteiger partial charge in [0.2, 0.25) is 5.88 Å². The van der Waals surface area contributed by atoms with E-state index in [4.69, 9.17) is 9.47 Å². The predicted octanol–water partition coefficient (Wildman–Crippen LogP) is 4.85. The smallest absolute Gasteiger partial charge is 0.410 e. The number of aromatic nitrogens is 1. The number of carbonyl (C=O) groups is 1. The predicted molar refractivity (Wildman–Crippen MR) is 100 cm³/mol. The number of likely N-dealkylation sites (tertiary alicyclic amines) is 1. The molecule has 5 nitrogen and oxygen atoms in total. The fourth-order valence-corrected chi connectivity index (χ4v) is 3.85. The number of piperidine rings is 1. The SMILES string of the molecule is CC(C)(C)OC(=O)N1CCCCC1CCOc1nsc2ccccc12. The van der Waals surface area contributed by atoms with Crippen molar-refractivity contribution < 1.29 is 14.3 Å². The number of benzene rings is 1. The molecule has 1 fully saturated rings. The van der Waals surface area contributed by atoms with Gasteiger partial charge in [0.15, 0.2) is 0 Å². The minimum Gasteiger partial charge on any atom is -0.477 e. The summed E-state index contributed by atoms with van der Waals surface area (Å²) in [5.74, 6) is 0.695. The van der Waals surface area contributed by atoms with Gasteiger partial charge in [-0.1, -0.05) is 12.1 Å². The molecule has 2 aromatic rings. The van der Waals surface area contributed by atoms with Gasteiger partial charge in [0, 0.05) is 19.0 Å². The van der Waals surface area contributed by atoms with Crippen LogP contribution in [0.2, 0.25) is 0 Å². The lowest BCUT2D eigenvalue weighted by Gasteiger charge is -2.36. The van der Waals surface area contributed by atoms with Crippen molar-refractivity contribution in [2.24, 2.45) is 0 Å². The van der Waals surface area contributed by atoms with Gasteiger partial charge in [-0.25, -0.2) is 4.79 Å². The molecule has 0 N–H and O–H groups in total. The lowest BCUT2D eigenvalue weighted by molar-refractivity contribution is 0.00741. The average molecular weight is 362 g/mol. The Morgan fingerprint density at radius 3 is 2.92 bits per heavy atom. The molecule has 1 aromatic heterocycles. The van der Waals surface area contributed by atoms with Gasteiger partial charge >= 0.3 is 6.09 Å². The molecule has 6 heteroatoms. The first-order valence-corrected chi connectivity index (χ1v) is 9.68. The van der Waals surface area contributed by atoms with E-state index in [-0.39, 0.29) is 12.1 Å². The maximum Gasteiger partial charge on any atom is 0.410 e. The number of rotatable bonds is 4. The molecule has 2 heterocycles. The summed E-state index contributed by atoms with van der Waals surface area (Å²) < 4.78 is 17.0. The molecule has 1 atom stereocenters. The van der Waals surface area contributed by atoms with Gasteiger partial charge in [-0.3, -0.25) is 0 Å². The van der Waals surface area contributed by atoms with Gasteiger partial charge in [-0.2, -0.15) is 4.37 Å². The Bertz CT molecular complexity index is 723. The molecule has 1 aromatic carbocycles. The number of nitrogens with zero attached hydrogens (tertiary/aromatic N) is 2. The Labute approximate surface area is 153 Å². The molecule has 136 valence electrons. The van der Waals surface area contributed by atoms with Gasteiger partial charge in [-0.05, 0) is 63.7 Å². The second-order valence-electron chi connectivity index (χ2n) is 7.44. The van der Waals surface area contributed by atoms with Crippen LogP contribution in [0.1, 0.15) is 46.5 Å². The maximum atomic E-state index is 12.4. The highest BCUT2D eigenvalue weighted by atomic mass is 32.1. The number of carbonyl (C=O) groups excluding carboxylic acids is 1. The minimum atomic E-state index is -0.463. The van der Waals surface area contributed by atoms with Gasteiger partial charge < -0.3 is 14.4 Å². The second kappa shape index (κ2) is 7.60. The Morgan fingerprint density at radius 1 is 1.32 bits per heavy atom. The Balaban J connectivity index is 1.57. The molecule has 0 aliphatic carbocycles. The number of hydrogen-bond acceptors (Lipinski definition) is 5. The average Bonchev–Trinajstić information content (AvgIpc) is 2.97. The summed E-state index contributed by atoms with van der Waals surface area (Å²) in [6.07, 6.45) is 3.76. The van der Waals surface area contributed by atoms with E-state index in [1.54, 1.807) is 0 Å². The van der Waals surface area contributed by atoms with Crippen molar-refractivity contribution in [2.75, 3.05) is 13.2 Å². The highest BCUT2D eigenvalue weighted by Crippen LogP contribution is 2.29. The van der Waals surface area contributed by atoms with Gasteiger partial charge in [0.25, 0.3) is 0 Å². The van der Waals surface area contributed by atoms with Crippen LogP contribution in [0.25, 0.3) is 10.1 Å². The molecular formula is C19H26N2O3S. The van der Waals surface area contributed by atoms with E-state index in [1.165, 1.54) is 11.5 Å². The molecule has 1 saturated heterocycles. The van der Waals surface area contributed by atoms with Crippen molar-refractivity contribution >= 4 is 27.7 Å². The van der Waals surface area contributed by atoms with E-state index in [1.807, 2.05) is 49.9 Å². The molecule has 0 radical (unpaired) electrons. The van der Waals surface area contributed by atoms with Gasteiger partial charge in [0.1, 0.15) is 5.60 Å². The van der Waals surface area contributed by atoms with E-state index in [9.17, 15) is 4.79 Å². The molecular weight excluding hydrogens is 336 g/mol. The summed E-state index contributed by atoms with van der Waals surface area (Å²) in [6, 6.07) is 8.25. The lowest BCUT2D eigenvalue weighted by atomic mass is 10.0. The van der Waals surface area contributed by atoms with Crippen molar-refractivity contribution in [3.8, 4) is 5.88 Å². The van der Waals surface area contributed by atoms with Crippen LogP contribution in [0, 0.1) is 0 Å². The Morgan fingerprint density at radius 2 is 2.12 bits per heavy atom. The van der Waals surface area contributed by atoms with Crippen molar-refractivity contribution in [3.05, 3.63) is 24.3 Å². The Hall–Kier alpha value is -1.82. The third kappa shape index (κ3) is 4.63. The first-order valence-electron chi connectivity index (χ1n) is 8.91. The van der Waals surface area contributed by atoms with E-state index in [0.29, 0.717) is 12.5 Å². The fraction of sp³-hybridized carbons (Fsp3) is 0.579. The third-order valence-electron chi connectivity index (χ3n) is 4.29. The number of ether oxygens (including phenoxy) is 2. The normalized spacial score (nSPS) is 18.4. The largest absolute Gasteiger partial charge is 0.477 e. The van der Waals surface area contributed by atoms with Crippen LogP contribution in [0.5, 0.6) is 5.88 Å². The van der Waals surface area contributed by atoms with E-state index in [2.05, 4.69) is 4.37 Å². The van der Waals surface area contributed by atoms with Crippen molar-refractivity contribution in [1.29, 1.82) is 0 Å². The molecule has 1 unspecified atom stereocenters. The second-order valence-corrected chi connectivity index (χ2v) is 8.25. The van der Waals surface area contributed by atoms with Crippen LogP contribution < -0.4 is 4.74 Å². The van der Waals surface area contributed by atoms with E-state index in [0.717, 1.165) is 42.3 Å². The molecule has 1 amide bonds. The maximum absolute atomic E-state index is 12.4. The van der Waals surface area contributed by atoms with Crippen LogP contribution in [-0.4, -0.2) is 40.2 Å². The summed E-state index contributed by atoms with van der Waals surface area (Å²) in [6.45, 7) is 7.03. The highest BCUT2D eigenvalue weighted by Gasteiger charge is 2.30. The minimum absolute atomic E-state index is 0.175. The molecule has 25 heavy (non-hydrogen) atoms. The van der Waals surface area contributed by atoms with Crippen molar-refractivity contribution in [1.82, 2.24) is 9.27 Å². The highest BCUT2D eigenvalue weighted by molar-refractivity contribution is 7.13. The number of hydrogen-bond donors (Lipinski definition) is 0. The van der Waals surface area contributed by atoms with Crippen molar-refractivity contribution in [2.45, 2.75) is 58.1 Å². The van der Waals surface area contributed by atoms with Crippen LogP contribution in [0.3, 0.4) is 0 Å². The van der Waals surface area contributed by atoms with Crippen LogP contribution >= 0.6 is 11.5 Å². The van der Waals surface area contributed by atoms with E-state index < -0.39 is 5.60 Å². The zero-order valence-electron chi connectivity index (χ0n) is 15.2. The summed E-state index contributed by atoms with van der Waals surface area (Å²) in [7, 11) is 0. The Kier molecular flexibility index (Phi) is 5.47. The summed E-state index contributed by atoms with van der Waals surface area (Å²) in [4.78, 5) is 14.3. The molecule has 0 saturated carbocycles. The van der Waals surface area contributed by atoms with Crippen LogP contribution in [0.4, 0.5) is 4.79 Å². The lowest BCUT2D eigenvalue weighted by Crippen LogP contribution is -2.46. The zero-order chi connectivity index (χ0) is 17.9. The fourth-order valence-electron chi connectivity index (χ4n) is 3.12. The summed E-state index contributed by atoms with van der Waals surface area (Å²) >= 11 is 1.45. The van der Waals surface area contributed by atoms with Crippen LogP contribution in [0.15, 0.2) is 24.3 Å². The molecule has 0 bridgehead atoms. The summed E-state index contributed by atoms with van der Waals surface area (Å²) in [5.41, 5.74) is -0.463. The van der Waals surface area contributed by atoms with E-state index >= 15 is 0 Å². The monoisotopic (exact) mass is 362 g/mol. The molecule has 1 aliphatic rings. The first-order chi connectivity index (χ1) is 11.9. The first kappa shape index (κ1) is 18.0. The molecule has 3 rings (SSSR count). The topological polar surface area (TPSA) is 51.7 Å². The van der Waals surface area contributed by atoms with Crippen molar-refractivity contribution in [3.63, 3.8) is 0 Å². The van der Waals surface area contributed by atoms with Gasteiger partial charge in [0.05, 0.1) is 16.7 Å². The molecule has 0 spiro atoms. The zero-order valence-corrected chi connectivity index (χ0v) is 16.0. The number of fused-ring (bicyclic) bond motifs is 1.